The third-order valence-corrected chi connectivity index (χ3v) is 5.64. The molecule has 0 aliphatic rings. The lowest BCUT2D eigenvalue weighted by Gasteiger charge is -2.11. The van der Waals surface area contributed by atoms with Gasteiger partial charge in [0, 0.05) is 17.6 Å². The number of carbonyl (C=O) groups excluding carboxylic acids is 2. The van der Waals surface area contributed by atoms with E-state index in [1.807, 2.05) is 18.2 Å². The molecule has 0 saturated carbocycles. The number of hydrogen-bond acceptors (Lipinski definition) is 7. The van der Waals surface area contributed by atoms with Crippen LogP contribution < -0.4 is 24.3 Å². The summed E-state index contributed by atoms with van der Waals surface area (Å²) in [6.07, 6.45) is 5.77. The summed E-state index contributed by atoms with van der Waals surface area (Å²) in [4.78, 5) is 24.6. The van der Waals surface area contributed by atoms with Crippen molar-refractivity contribution in [1.29, 1.82) is 5.26 Å². The molecular weight excluding hydrogens is 532 g/mol. The largest absolute Gasteiger partial charge is 0.493 e. The molecule has 0 unspecified atom stereocenters. The van der Waals surface area contributed by atoms with E-state index < -0.39 is 11.9 Å². The average molecular weight is 559 g/mol. The van der Waals surface area contributed by atoms with Crippen LogP contribution in [0, 0.1) is 11.3 Å². The molecule has 0 bridgehead atoms. The van der Waals surface area contributed by atoms with E-state index in [9.17, 15) is 14.9 Å². The Hall–Kier alpha value is -5.00. The minimum atomic E-state index is -0.634. The second-order valence-electron chi connectivity index (χ2n) is 8.16. The smallest absolute Gasteiger partial charge is 0.336 e. The monoisotopic (exact) mass is 558 g/mol. The Labute approximate surface area is 237 Å². The molecule has 0 radical (unpaired) electrons. The first-order valence-corrected chi connectivity index (χ1v) is 12.4. The number of carbonyl (C=O) groups is 2. The lowest BCUT2D eigenvalue weighted by Crippen LogP contribution is -2.24. The third-order valence-electron chi connectivity index (χ3n) is 5.39. The van der Waals surface area contributed by atoms with Crippen LogP contribution in [0.4, 0.5) is 0 Å². The zero-order valence-electron chi connectivity index (χ0n) is 22.0. The number of ether oxygens (including phenoxy) is 4. The number of halogens is 1. The van der Waals surface area contributed by atoms with Crippen molar-refractivity contribution in [3.63, 3.8) is 0 Å². The average Bonchev–Trinajstić information content (AvgIpc) is 2.98. The number of amides is 1. The summed E-state index contributed by atoms with van der Waals surface area (Å²) >= 11 is 5.92. The van der Waals surface area contributed by atoms with Crippen LogP contribution in [0.3, 0.4) is 0 Å². The van der Waals surface area contributed by atoms with Gasteiger partial charge in [-0.15, -0.1) is 6.58 Å². The molecule has 9 heteroatoms. The maximum absolute atomic E-state index is 12.5. The molecule has 204 valence electrons. The van der Waals surface area contributed by atoms with Gasteiger partial charge in [0.05, 0.1) is 14.2 Å². The maximum Gasteiger partial charge on any atom is 0.336 e. The van der Waals surface area contributed by atoms with Gasteiger partial charge in [-0.3, -0.25) is 4.79 Å². The van der Waals surface area contributed by atoms with Crippen LogP contribution in [0.1, 0.15) is 16.7 Å². The van der Waals surface area contributed by atoms with Crippen molar-refractivity contribution in [3.05, 3.63) is 107 Å². The summed E-state index contributed by atoms with van der Waals surface area (Å²) in [7, 11) is 2.95. The Morgan fingerprint density at radius 2 is 1.60 bits per heavy atom. The molecule has 3 aromatic carbocycles. The van der Waals surface area contributed by atoms with Crippen LogP contribution >= 0.6 is 11.6 Å². The highest BCUT2D eigenvalue weighted by Crippen LogP contribution is 2.31. The highest BCUT2D eigenvalue weighted by Gasteiger charge is 2.12. The molecule has 3 aromatic rings. The molecule has 1 amide bonds. The van der Waals surface area contributed by atoms with Crippen molar-refractivity contribution in [2.75, 3.05) is 20.8 Å². The summed E-state index contributed by atoms with van der Waals surface area (Å²) in [5.41, 5.74) is 2.08. The predicted octanol–water partition coefficient (Wildman–Crippen LogP) is 5.76. The van der Waals surface area contributed by atoms with E-state index in [2.05, 4.69) is 11.9 Å². The SMILES string of the molecule is C=CCNC(=O)C(C#N)=Cc1ccc(OC(=O)C=Cc2ccc(OCc3ccc(Cl)cc3)c(OC)c2)c(OC)c1. The molecule has 0 aromatic heterocycles. The molecule has 0 fully saturated rings. The molecule has 40 heavy (non-hydrogen) atoms. The minimum absolute atomic E-state index is 0.0894. The Bertz CT molecular complexity index is 1470. The van der Waals surface area contributed by atoms with Crippen molar-refractivity contribution in [1.82, 2.24) is 5.32 Å². The van der Waals surface area contributed by atoms with Gasteiger partial charge in [0.1, 0.15) is 18.2 Å². The van der Waals surface area contributed by atoms with Gasteiger partial charge in [0.2, 0.25) is 0 Å². The number of nitrogens with one attached hydrogen (secondary N) is 1. The molecule has 3 rings (SSSR count). The second kappa shape index (κ2) is 14.8. The summed E-state index contributed by atoms with van der Waals surface area (Å²) in [6.45, 7) is 4.10. The Balaban J connectivity index is 1.67. The van der Waals surface area contributed by atoms with Gasteiger partial charge in [-0.1, -0.05) is 41.9 Å². The molecule has 0 aliphatic heterocycles. The highest BCUT2D eigenvalue weighted by atomic mass is 35.5. The zero-order chi connectivity index (χ0) is 28.9. The van der Waals surface area contributed by atoms with Crippen LogP contribution in [0.25, 0.3) is 12.2 Å². The topological polar surface area (TPSA) is 107 Å². The van der Waals surface area contributed by atoms with Gasteiger partial charge in [-0.25, -0.2) is 4.79 Å². The van der Waals surface area contributed by atoms with E-state index in [1.165, 1.54) is 38.5 Å². The molecule has 0 aliphatic carbocycles. The number of nitrogens with zero attached hydrogens (tertiary/aromatic N) is 1. The lowest BCUT2D eigenvalue weighted by atomic mass is 10.1. The fourth-order valence-electron chi connectivity index (χ4n) is 3.39. The van der Waals surface area contributed by atoms with Crippen LogP contribution in [0.5, 0.6) is 23.0 Å². The van der Waals surface area contributed by atoms with E-state index in [-0.39, 0.29) is 23.6 Å². The zero-order valence-corrected chi connectivity index (χ0v) is 22.7. The van der Waals surface area contributed by atoms with Crippen molar-refractivity contribution >= 4 is 35.6 Å². The van der Waals surface area contributed by atoms with Crippen molar-refractivity contribution in [2.24, 2.45) is 0 Å². The standard InChI is InChI=1S/C31H27ClN2O6/c1-4-15-34-31(36)24(19-33)16-23-8-13-27(29(18-23)38-3)40-30(35)14-9-21-7-12-26(28(17-21)37-2)39-20-22-5-10-25(32)11-6-22/h4-14,16-18H,1,15,20H2,2-3H3,(H,34,36). The van der Waals surface area contributed by atoms with E-state index in [0.717, 1.165) is 5.56 Å². The molecule has 0 spiro atoms. The van der Waals surface area contributed by atoms with Crippen molar-refractivity contribution in [3.8, 4) is 29.1 Å². The van der Waals surface area contributed by atoms with E-state index in [1.54, 1.807) is 48.5 Å². The van der Waals surface area contributed by atoms with Gasteiger partial charge in [-0.2, -0.15) is 5.26 Å². The number of hydrogen-bond donors (Lipinski definition) is 1. The van der Waals surface area contributed by atoms with Gasteiger partial charge in [-0.05, 0) is 65.2 Å². The second-order valence-corrected chi connectivity index (χ2v) is 8.60. The van der Waals surface area contributed by atoms with Gasteiger partial charge in [0.25, 0.3) is 5.91 Å². The van der Waals surface area contributed by atoms with Crippen molar-refractivity contribution in [2.45, 2.75) is 6.61 Å². The number of rotatable bonds is 12. The van der Waals surface area contributed by atoms with Crippen LogP contribution in [0.2, 0.25) is 5.02 Å². The number of benzene rings is 3. The minimum Gasteiger partial charge on any atom is -0.493 e. The summed E-state index contributed by atoms with van der Waals surface area (Å²) < 4.78 is 22.1. The van der Waals surface area contributed by atoms with Crippen LogP contribution in [-0.2, 0) is 16.2 Å². The number of nitriles is 1. The van der Waals surface area contributed by atoms with E-state index in [0.29, 0.717) is 34.3 Å². The van der Waals surface area contributed by atoms with E-state index >= 15 is 0 Å². The summed E-state index contributed by atoms with van der Waals surface area (Å²) in [5.74, 6) is 0.319. The number of esters is 1. The maximum atomic E-state index is 12.5. The van der Waals surface area contributed by atoms with E-state index in [4.69, 9.17) is 30.5 Å². The molecule has 0 saturated heterocycles. The molecule has 0 atom stereocenters. The lowest BCUT2D eigenvalue weighted by molar-refractivity contribution is -0.129. The molecule has 0 heterocycles. The Kier molecular flexibility index (Phi) is 10.9. The predicted molar refractivity (Wildman–Crippen MR) is 153 cm³/mol. The van der Waals surface area contributed by atoms with Crippen LogP contribution in [0.15, 0.2) is 85.0 Å². The molecule has 8 nitrogen and oxygen atoms in total. The first-order chi connectivity index (χ1) is 19.4. The molecule has 1 N–H and O–H groups in total. The fraction of sp³-hybridized carbons (Fsp3) is 0.129. The summed E-state index contributed by atoms with van der Waals surface area (Å²) in [5, 5.41) is 12.5. The van der Waals surface area contributed by atoms with Crippen LogP contribution in [-0.4, -0.2) is 32.6 Å². The van der Waals surface area contributed by atoms with Gasteiger partial charge in [0.15, 0.2) is 23.0 Å². The van der Waals surface area contributed by atoms with Gasteiger partial charge < -0.3 is 24.3 Å². The quantitative estimate of drug-likeness (QED) is 0.0989. The van der Waals surface area contributed by atoms with Gasteiger partial charge >= 0.3 is 5.97 Å². The first-order valence-electron chi connectivity index (χ1n) is 12.0. The third kappa shape index (κ3) is 8.51. The normalized spacial score (nSPS) is 10.9. The fourth-order valence-corrected chi connectivity index (χ4v) is 3.52. The number of methoxy groups -OCH3 is 2. The Morgan fingerprint density at radius 1 is 0.950 bits per heavy atom. The first kappa shape index (κ1) is 29.6. The summed E-state index contributed by atoms with van der Waals surface area (Å²) in [6, 6.07) is 19.1. The van der Waals surface area contributed by atoms with Crippen molar-refractivity contribution < 1.29 is 28.5 Å². The Morgan fingerprint density at radius 3 is 2.27 bits per heavy atom. The highest BCUT2D eigenvalue weighted by molar-refractivity contribution is 6.30. The molecular formula is C31H27ClN2O6.